The van der Waals surface area contributed by atoms with Gasteiger partial charge in [-0.25, -0.2) is 14.0 Å². The fourth-order valence-electron chi connectivity index (χ4n) is 3.23. The van der Waals surface area contributed by atoms with Crippen LogP contribution in [0.3, 0.4) is 0 Å². The fraction of sp³-hybridized carbons (Fsp3) is 0.269. The summed E-state index contributed by atoms with van der Waals surface area (Å²) in [5.41, 5.74) is 1.97. The normalized spacial score (nSPS) is 13.2. The van der Waals surface area contributed by atoms with E-state index in [0.717, 1.165) is 16.7 Å². The fourth-order valence-corrected chi connectivity index (χ4v) is 5.34. The third-order valence-electron chi connectivity index (χ3n) is 4.73. The van der Waals surface area contributed by atoms with E-state index < -0.39 is 19.2 Å². The number of hydrogen-bond donors (Lipinski definition) is 0. The minimum atomic E-state index is -3.89. The third kappa shape index (κ3) is 5.80. The molecule has 0 aliphatic heterocycles. The average Bonchev–Trinajstić information content (AvgIpc) is 2.74. The predicted octanol–water partition coefficient (Wildman–Crippen LogP) is 6.64. The van der Waals surface area contributed by atoms with Gasteiger partial charge in [0.05, 0.1) is 11.8 Å². The van der Waals surface area contributed by atoms with Gasteiger partial charge in [-0.3, -0.25) is 0 Å². The Hall–Kier alpha value is -3.04. The zero-order chi connectivity index (χ0) is 23.4. The Bertz CT molecular complexity index is 1110. The second-order valence-electron chi connectivity index (χ2n) is 8.74. The van der Waals surface area contributed by atoms with Crippen LogP contribution in [0.2, 0.25) is 0 Å². The molecule has 0 bridgehead atoms. The average molecular weight is 452 g/mol. The number of benzene rings is 3. The maximum Gasteiger partial charge on any atom is 0.418 e. The van der Waals surface area contributed by atoms with Gasteiger partial charge in [0, 0.05) is 0 Å². The smallest absolute Gasteiger partial charge is 0.418 e. The van der Waals surface area contributed by atoms with E-state index >= 15 is 0 Å². The van der Waals surface area contributed by atoms with Gasteiger partial charge in [-0.1, -0.05) is 66.2 Å². The molecular formula is C26H30NO4P. The lowest BCUT2D eigenvalue weighted by Gasteiger charge is -2.33. The molecule has 0 unspecified atom stereocenters. The molecule has 168 valence electrons. The predicted molar refractivity (Wildman–Crippen MR) is 128 cm³/mol. The van der Waals surface area contributed by atoms with E-state index in [4.69, 9.17) is 9.26 Å². The van der Waals surface area contributed by atoms with E-state index in [-0.39, 0.29) is 6.54 Å². The number of hydrogen-bond acceptors (Lipinski definition) is 4. The molecule has 1 amide bonds. The van der Waals surface area contributed by atoms with Crippen LogP contribution in [0.4, 0.5) is 4.79 Å². The second kappa shape index (κ2) is 9.62. The number of amides is 1. The summed E-state index contributed by atoms with van der Waals surface area (Å²) in [5.74, 6) is 0.462. The Kier molecular flexibility index (Phi) is 7.10. The molecule has 0 aliphatic carbocycles. The van der Waals surface area contributed by atoms with Gasteiger partial charge in [0.25, 0.3) is 0 Å². The van der Waals surface area contributed by atoms with Crippen molar-refractivity contribution in [2.75, 3.05) is 0 Å². The molecule has 3 aromatic rings. The van der Waals surface area contributed by atoms with Gasteiger partial charge in [-0.15, -0.1) is 0 Å². The molecule has 5 nitrogen and oxygen atoms in total. The number of nitrogens with zero attached hydrogens (tertiary/aromatic N) is 1. The Balaban J connectivity index is 2.13. The van der Waals surface area contributed by atoms with Gasteiger partial charge < -0.3 is 9.26 Å². The van der Waals surface area contributed by atoms with Crippen molar-refractivity contribution < 1.29 is 18.6 Å². The molecule has 0 saturated heterocycles. The van der Waals surface area contributed by atoms with Crippen LogP contribution in [-0.2, 0) is 15.8 Å². The quantitative estimate of drug-likeness (QED) is 0.394. The molecule has 1 atom stereocenters. The Morgan fingerprint density at radius 2 is 1.50 bits per heavy atom. The summed E-state index contributed by atoms with van der Waals surface area (Å²) in [6, 6.07) is 23.9. The van der Waals surface area contributed by atoms with E-state index in [1.54, 1.807) is 51.1 Å². The van der Waals surface area contributed by atoms with Crippen molar-refractivity contribution in [3.63, 3.8) is 0 Å². The molecule has 0 aliphatic rings. The number of aryl methyl sites for hydroxylation is 2. The summed E-state index contributed by atoms with van der Waals surface area (Å²) >= 11 is 0. The highest BCUT2D eigenvalue weighted by molar-refractivity contribution is 7.65. The zero-order valence-electron chi connectivity index (χ0n) is 19.2. The molecule has 0 spiro atoms. The van der Waals surface area contributed by atoms with Crippen LogP contribution < -0.4 is 9.83 Å². The van der Waals surface area contributed by atoms with Gasteiger partial charge >= 0.3 is 13.6 Å². The van der Waals surface area contributed by atoms with E-state index in [1.165, 1.54) is 4.67 Å². The lowest BCUT2D eigenvalue weighted by atomic mass is 10.1. The first-order valence-electron chi connectivity index (χ1n) is 10.6. The molecule has 3 aromatic carbocycles. The molecule has 0 heterocycles. The largest absolute Gasteiger partial charge is 0.443 e. The van der Waals surface area contributed by atoms with Gasteiger partial charge in [0.1, 0.15) is 11.4 Å². The summed E-state index contributed by atoms with van der Waals surface area (Å²) in [6.07, 6.45) is -0.696. The Morgan fingerprint density at radius 1 is 0.906 bits per heavy atom. The number of rotatable bonds is 6. The van der Waals surface area contributed by atoms with E-state index in [2.05, 4.69) is 0 Å². The van der Waals surface area contributed by atoms with Crippen LogP contribution in [0.15, 0.2) is 78.9 Å². The zero-order valence-corrected chi connectivity index (χ0v) is 20.1. The standard InChI is InChI=1S/C26H30NO4P/c1-20-16-17-24(21(2)18-20)31-32(29,23-14-10-7-11-15-23)27(25(28)30-26(3,4)5)19-22-12-8-6-9-13-22/h6-18H,19H2,1-5H3/t32-/m0/s1. The Labute approximate surface area is 190 Å². The first-order valence-corrected chi connectivity index (χ1v) is 12.1. The summed E-state index contributed by atoms with van der Waals surface area (Å²) < 4.78 is 27.8. The van der Waals surface area contributed by atoms with Crippen molar-refractivity contribution >= 4 is 18.9 Å². The molecule has 3 rings (SSSR count). The monoisotopic (exact) mass is 451 g/mol. The summed E-state index contributed by atoms with van der Waals surface area (Å²) in [7, 11) is -3.89. The van der Waals surface area contributed by atoms with Crippen molar-refractivity contribution in [2.24, 2.45) is 0 Å². The molecule has 0 aromatic heterocycles. The lowest BCUT2D eigenvalue weighted by molar-refractivity contribution is 0.0367. The van der Waals surface area contributed by atoms with E-state index in [0.29, 0.717) is 11.1 Å². The van der Waals surface area contributed by atoms with Gasteiger partial charge in [0.2, 0.25) is 0 Å². The highest BCUT2D eigenvalue weighted by Gasteiger charge is 2.41. The molecule has 6 heteroatoms. The highest BCUT2D eigenvalue weighted by Crippen LogP contribution is 2.52. The van der Waals surface area contributed by atoms with Crippen molar-refractivity contribution in [1.29, 1.82) is 0 Å². The first kappa shape index (κ1) is 23.6. The molecule has 0 N–H and O–H groups in total. The van der Waals surface area contributed by atoms with E-state index in [1.807, 2.05) is 62.4 Å². The number of ether oxygens (including phenoxy) is 1. The maximum absolute atomic E-state index is 14.7. The Morgan fingerprint density at radius 3 is 2.06 bits per heavy atom. The van der Waals surface area contributed by atoms with Crippen molar-refractivity contribution in [2.45, 2.75) is 46.8 Å². The summed E-state index contributed by atoms with van der Waals surface area (Å²) in [4.78, 5) is 13.4. The maximum atomic E-state index is 14.7. The number of carbonyl (C=O) groups excluding carboxylic acids is 1. The molecular weight excluding hydrogens is 421 g/mol. The summed E-state index contributed by atoms with van der Waals surface area (Å²) in [6.45, 7) is 9.30. The SMILES string of the molecule is Cc1ccc(O[P@@](=O)(c2ccccc2)N(Cc2ccccc2)C(=O)OC(C)(C)C)c(C)c1. The van der Waals surface area contributed by atoms with Crippen molar-refractivity contribution in [3.8, 4) is 5.75 Å². The van der Waals surface area contributed by atoms with Gasteiger partial charge in [0.15, 0.2) is 0 Å². The van der Waals surface area contributed by atoms with Crippen molar-refractivity contribution in [1.82, 2.24) is 4.67 Å². The van der Waals surface area contributed by atoms with Crippen LogP contribution >= 0.6 is 7.52 Å². The van der Waals surface area contributed by atoms with Gasteiger partial charge in [-0.05, 0) is 63.9 Å². The van der Waals surface area contributed by atoms with Crippen LogP contribution in [0.5, 0.6) is 5.75 Å². The highest BCUT2D eigenvalue weighted by atomic mass is 31.2. The molecule has 32 heavy (non-hydrogen) atoms. The molecule has 0 fully saturated rings. The number of carbonyl (C=O) groups is 1. The topological polar surface area (TPSA) is 55.8 Å². The minimum Gasteiger partial charge on any atom is -0.443 e. The summed E-state index contributed by atoms with van der Waals surface area (Å²) in [5, 5.41) is 0.418. The van der Waals surface area contributed by atoms with Crippen molar-refractivity contribution in [3.05, 3.63) is 95.6 Å². The van der Waals surface area contributed by atoms with Gasteiger partial charge in [-0.2, -0.15) is 0 Å². The third-order valence-corrected chi connectivity index (χ3v) is 7.07. The molecule has 0 radical (unpaired) electrons. The molecule has 0 saturated carbocycles. The second-order valence-corrected chi connectivity index (χ2v) is 11.0. The minimum absolute atomic E-state index is 0.0762. The van der Waals surface area contributed by atoms with Crippen LogP contribution in [0, 0.1) is 13.8 Å². The van der Waals surface area contributed by atoms with Crippen LogP contribution in [0.1, 0.15) is 37.5 Å². The van der Waals surface area contributed by atoms with Crippen LogP contribution in [0.25, 0.3) is 0 Å². The van der Waals surface area contributed by atoms with E-state index in [9.17, 15) is 9.36 Å². The van der Waals surface area contributed by atoms with Crippen LogP contribution in [-0.4, -0.2) is 16.4 Å². The first-order chi connectivity index (χ1) is 15.1. The lowest BCUT2D eigenvalue weighted by Crippen LogP contribution is -2.38.